The Bertz CT molecular complexity index is 453. The van der Waals surface area contributed by atoms with Gasteiger partial charge in [0.25, 0.3) is 0 Å². The number of hydrogen-bond donors (Lipinski definition) is 2. The normalized spacial score (nSPS) is 19.1. The SMILES string of the molecule is CCN1CC[C@H](CNC(=O)Nc2c(C)cccc2C)C1. The molecule has 0 unspecified atom stereocenters. The summed E-state index contributed by atoms with van der Waals surface area (Å²) in [5.74, 6) is 0.582. The summed E-state index contributed by atoms with van der Waals surface area (Å²) < 4.78 is 0. The van der Waals surface area contributed by atoms with Crippen LogP contribution in [0.4, 0.5) is 10.5 Å². The molecule has 1 atom stereocenters. The number of aryl methyl sites for hydroxylation is 2. The van der Waals surface area contributed by atoms with Crippen molar-refractivity contribution in [1.82, 2.24) is 10.2 Å². The number of nitrogens with zero attached hydrogens (tertiary/aromatic N) is 1. The van der Waals surface area contributed by atoms with Gasteiger partial charge in [-0.05, 0) is 50.4 Å². The molecule has 0 saturated carbocycles. The van der Waals surface area contributed by atoms with E-state index in [1.807, 2.05) is 32.0 Å². The lowest BCUT2D eigenvalue weighted by Crippen LogP contribution is -2.34. The monoisotopic (exact) mass is 275 g/mol. The zero-order valence-electron chi connectivity index (χ0n) is 12.7. The van der Waals surface area contributed by atoms with Crippen LogP contribution in [-0.2, 0) is 0 Å². The Hall–Kier alpha value is -1.55. The molecule has 2 rings (SSSR count). The van der Waals surface area contributed by atoms with E-state index in [0.717, 1.165) is 43.0 Å². The zero-order valence-corrected chi connectivity index (χ0v) is 12.7. The largest absolute Gasteiger partial charge is 0.338 e. The third-order valence-corrected chi connectivity index (χ3v) is 4.09. The van der Waals surface area contributed by atoms with Crippen LogP contribution in [0.2, 0.25) is 0 Å². The van der Waals surface area contributed by atoms with Crippen LogP contribution in [0.5, 0.6) is 0 Å². The van der Waals surface area contributed by atoms with E-state index >= 15 is 0 Å². The van der Waals surface area contributed by atoms with Crippen molar-refractivity contribution in [3.63, 3.8) is 0 Å². The first-order valence-electron chi connectivity index (χ1n) is 7.43. The number of anilines is 1. The molecule has 4 nitrogen and oxygen atoms in total. The van der Waals surface area contributed by atoms with E-state index in [-0.39, 0.29) is 6.03 Å². The van der Waals surface area contributed by atoms with Gasteiger partial charge in [-0.2, -0.15) is 0 Å². The molecule has 2 N–H and O–H groups in total. The molecule has 1 saturated heterocycles. The highest BCUT2D eigenvalue weighted by atomic mass is 16.2. The molecule has 1 aromatic carbocycles. The summed E-state index contributed by atoms with van der Waals surface area (Å²) in [7, 11) is 0. The van der Waals surface area contributed by atoms with Gasteiger partial charge >= 0.3 is 6.03 Å². The number of urea groups is 1. The topological polar surface area (TPSA) is 44.4 Å². The van der Waals surface area contributed by atoms with Gasteiger partial charge < -0.3 is 15.5 Å². The Morgan fingerprint density at radius 3 is 2.65 bits per heavy atom. The lowest BCUT2D eigenvalue weighted by Gasteiger charge is -2.15. The molecule has 1 aromatic rings. The third kappa shape index (κ3) is 3.73. The standard InChI is InChI=1S/C16H25N3O/c1-4-19-9-8-14(11-19)10-17-16(20)18-15-12(2)6-5-7-13(15)3/h5-7,14H,4,8-11H2,1-3H3,(H2,17,18,20)/t14-/m1/s1. The van der Waals surface area contributed by atoms with Gasteiger partial charge in [0.05, 0.1) is 0 Å². The van der Waals surface area contributed by atoms with E-state index in [9.17, 15) is 4.79 Å². The van der Waals surface area contributed by atoms with Gasteiger partial charge in [0, 0.05) is 18.8 Å². The third-order valence-electron chi connectivity index (χ3n) is 4.09. The zero-order chi connectivity index (χ0) is 14.5. The summed E-state index contributed by atoms with van der Waals surface area (Å²) in [6, 6.07) is 5.93. The summed E-state index contributed by atoms with van der Waals surface area (Å²) in [5, 5.41) is 5.96. The molecule has 0 bridgehead atoms. The van der Waals surface area contributed by atoms with Crippen LogP contribution in [0.3, 0.4) is 0 Å². The Labute approximate surface area is 121 Å². The van der Waals surface area contributed by atoms with Gasteiger partial charge in [-0.25, -0.2) is 4.79 Å². The number of rotatable bonds is 4. The van der Waals surface area contributed by atoms with E-state index in [4.69, 9.17) is 0 Å². The second kappa shape index (κ2) is 6.75. The smallest absolute Gasteiger partial charge is 0.319 e. The molecule has 2 amide bonds. The fourth-order valence-electron chi connectivity index (χ4n) is 2.77. The molecule has 1 aliphatic rings. The molecule has 1 aliphatic heterocycles. The van der Waals surface area contributed by atoms with Crippen LogP contribution in [0.25, 0.3) is 0 Å². The molecule has 0 aromatic heterocycles. The number of hydrogen-bond acceptors (Lipinski definition) is 2. The highest BCUT2D eigenvalue weighted by Crippen LogP contribution is 2.19. The molecule has 4 heteroatoms. The molecule has 110 valence electrons. The number of carbonyl (C=O) groups is 1. The minimum absolute atomic E-state index is 0.0997. The van der Waals surface area contributed by atoms with Crippen LogP contribution < -0.4 is 10.6 Å². The number of carbonyl (C=O) groups excluding carboxylic acids is 1. The van der Waals surface area contributed by atoms with Crippen LogP contribution in [-0.4, -0.2) is 37.1 Å². The molecule has 0 radical (unpaired) electrons. The number of likely N-dealkylation sites (tertiary alicyclic amines) is 1. The van der Waals surface area contributed by atoms with E-state index in [1.165, 1.54) is 6.42 Å². The Balaban J connectivity index is 1.81. The average molecular weight is 275 g/mol. The molecular weight excluding hydrogens is 250 g/mol. The summed E-state index contributed by atoms with van der Waals surface area (Å²) >= 11 is 0. The highest BCUT2D eigenvalue weighted by molar-refractivity contribution is 5.90. The highest BCUT2D eigenvalue weighted by Gasteiger charge is 2.21. The van der Waals surface area contributed by atoms with E-state index in [2.05, 4.69) is 22.5 Å². The fraction of sp³-hybridized carbons (Fsp3) is 0.562. The van der Waals surface area contributed by atoms with Gasteiger partial charge in [-0.1, -0.05) is 25.1 Å². The number of para-hydroxylation sites is 1. The lowest BCUT2D eigenvalue weighted by molar-refractivity contribution is 0.250. The maximum Gasteiger partial charge on any atom is 0.319 e. The molecule has 20 heavy (non-hydrogen) atoms. The first-order chi connectivity index (χ1) is 9.60. The Morgan fingerprint density at radius 2 is 2.05 bits per heavy atom. The van der Waals surface area contributed by atoms with Crippen molar-refractivity contribution in [2.24, 2.45) is 5.92 Å². The van der Waals surface area contributed by atoms with Crippen molar-refractivity contribution in [2.45, 2.75) is 27.2 Å². The summed E-state index contributed by atoms with van der Waals surface area (Å²) in [4.78, 5) is 14.4. The Kier molecular flexibility index (Phi) is 5.01. The molecule has 0 spiro atoms. The summed E-state index contributed by atoms with van der Waals surface area (Å²) in [5.41, 5.74) is 3.11. The van der Waals surface area contributed by atoms with Crippen molar-refractivity contribution in [2.75, 3.05) is 31.5 Å². The number of nitrogens with one attached hydrogen (secondary N) is 2. The lowest BCUT2D eigenvalue weighted by atomic mass is 10.1. The quantitative estimate of drug-likeness (QED) is 0.887. The van der Waals surface area contributed by atoms with Gasteiger partial charge in [-0.3, -0.25) is 0 Å². The van der Waals surface area contributed by atoms with E-state index in [0.29, 0.717) is 5.92 Å². The predicted octanol–water partition coefficient (Wildman–Crippen LogP) is 2.77. The van der Waals surface area contributed by atoms with Crippen molar-refractivity contribution in [3.05, 3.63) is 29.3 Å². The molecule has 0 aliphatic carbocycles. The van der Waals surface area contributed by atoms with Crippen molar-refractivity contribution >= 4 is 11.7 Å². The summed E-state index contributed by atoms with van der Waals surface area (Å²) in [6.45, 7) is 10.3. The Morgan fingerprint density at radius 1 is 1.35 bits per heavy atom. The van der Waals surface area contributed by atoms with Gasteiger partial charge in [0.15, 0.2) is 0 Å². The van der Waals surface area contributed by atoms with Crippen LogP contribution >= 0.6 is 0 Å². The van der Waals surface area contributed by atoms with Crippen molar-refractivity contribution in [3.8, 4) is 0 Å². The van der Waals surface area contributed by atoms with Crippen molar-refractivity contribution < 1.29 is 4.79 Å². The predicted molar refractivity (Wildman–Crippen MR) is 83.2 cm³/mol. The van der Waals surface area contributed by atoms with Crippen LogP contribution in [0, 0.1) is 19.8 Å². The second-order valence-corrected chi connectivity index (χ2v) is 5.65. The van der Waals surface area contributed by atoms with E-state index in [1.54, 1.807) is 0 Å². The van der Waals surface area contributed by atoms with Crippen LogP contribution in [0.15, 0.2) is 18.2 Å². The molecular formula is C16H25N3O. The molecule has 1 fully saturated rings. The van der Waals surface area contributed by atoms with Gasteiger partial charge in [-0.15, -0.1) is 0 Å². The molecule has 1 heterocycles. The van der Waals surface area contributed by atoms with Crippen LogP contribution in [0.1, 0.15) is 24.5 Å². The van der Waals surface area contributed by atoms with E-state index < -0.39 is 0 Å². The average Bonchev–Trinajstić information content (AvgIpc) is 2.89. The summed E-state index contributed by atoms with van der Waals surface area (Å²) in [6.07, 6.45) is 1.18. The minimum Gasteiger partial charge on any atom is -0.338 e. The van der Waals surface area contributed by atoms with Gasteiger partial charge in [0.2, 0.25) is 0 Å². The maximum atomic E-state index is 12.0. The van der Waals surface area contributed by atoms with Gasteiger partial charge in [0.1, 0.15) is 0 Å². The van der Waals surface area contributed by atoms with Crippen molar-refractivity contribution in [1.29, 1.82) is 0 Å². The minimum atomic E-state index is -0.0997. The number of amides is 2. The first-order valence-corrected chi connectivity index (χ1v) is 7.43. The number of benzene rings is 1. The second-order valence-electron chi connectivity index (χ2n) is 5.65. The fourth-order valence-corrected chi connectivity index (χ4v) is 2.77. The first kappa shape index (κ1) is 14.9. The maximum absolute atomic E-state index is 12.0.